The molecule has 0 bridgehead atoms. The number of carbonyl (C=O) groups is 2. The number of rotatable bonds is 6. The number of aromatic nitrogens is 2. The van der Waals surface area contributed by atoms with Gasteiger partial charge < -0.3 is 24.0 Å². The van der Waals surface area contributed by atoms with E-state index in [4.69, 9.17) is 9.47 Å². The monoisotopic (exact) mass is 459 g/mol. The van der Waals surface area contributed by atoms with Gasteiger partial charge in [0.15, 0.2) is 11.5 Å². The van der Waals surface area contributed by atoms with Crippen LogP contribution in [0.5, 0.6) is 11.5 Å². The summed E-state index contributed by atoms with van der Waals surface area (Å²) in [6.45, 7) is 3.85. The molecule has 34 heavy (non-hydrogen) atoms. The molecule has 174 valence electrons. The van der Waals surface area contributed by atoms with E-state index in [2.05, 4.69) is 4.98 Å². The van der Waals surface area contributed by atoms with Crippen molar-refractivity contribution in [3.05, 3.63) is 83.4 Å². The first-order valence-electron chi connectivity index (χ1n) is 11.2. The average molecular weight is 460 g/mol. The van der Waals surface area contributed by atoms with Gasteiger partial charge in [0.2, 0.25) is 0 Å². The van der Waals surface area contributed by atoms with E-state index in [0.29, 0.717) is 49.8 Å². The summed E-state index contributed by atoms with van der Waals surface area (Å²) in [4.78, 5) is 31.9. The van der Waals surface area contributed by atoms with Gasteiger partial charge in [-0.1, -0.05) is 29.8 Å². The zero-order chi connectivity index (χ0) is 23.7. The maximum Gasteiger partial charge on any atom is 0.295 e. The van der Waals surface area contributed by atoms with Crippen molar-refractivity contribution < 1.29 is 24.2 Å². The zero-order valence-corrected chi connectivity index (χ0v) is 18.8. The number of Topliss-reactive ketones (excluding diaryl/α,β-unsaturated/α-hetero) is 1. The van der Waals surface area contributed by atoms with Crippen molar-refractivity contribution in [3.8, 4) is 11.5 Å². The van der Waals surface area contributed by atoms with Crippen molar-refractivity contribution in [2.24, 2.45) is 0 Å². The molecule has 2 aliphatic rings. The van der Waals surface area contributed by atoms with Crippen molar-refractivity contribution in [2.45, 2.75) is 25.9 Å². The molecule has 3 aromatic rings. The molecule has 1 saturated heterocycles. The maximum atomic E-state index is 13.2. The van der Waals surface area contributed by atoms with Crippen LogP contribution in [-0.2, 0) is 16.1 Å². The number of ketones is 1. The Morgan fingerprint density at radius 3 is 2.56 bits per heavy atom. The Kier molecular flexibility index (Phi) is 5.79. The summed E-state index contributed by atoms with van der Waals surface area (Å²) in [7, 11) is 0. The first-order chi connectivity index (χ1) is 16.5. The Bertz CT molecular complexity index is 1250. The number of likely N-dealkylation sites (tertiary alicyclic amines) is 1. The quantitative estimate of drug-likeness (QED) is 0.345. The summed E-state index contributed by atoms with van der Waals surface area (Å²) >= 11 is 0. The Morgan fingerprint density at radius 1 is 1.06 bits per heavy atom. The van der Waals surface area contributed by atoms with Crippen molar-refractivity contribution in [3.63, 3.8) is 0 Å². The summed E-state index contributed by atoms with van der Waals surface area (Å²) in [5.74, 6) is -0.455. The Balaban J connectivity index is 1.53. The van der Waals surface area contributed by atoms with Crippen LogP contribution < -0.4 is 9.47 Å². The molecule has 1 fully saturated rings. The molecule has 8 nitrogen and oxygen atoms in total. The van der Waals surface area contributed by atoms with E-state index in [9.17, 15) is 14.7 Å². The van der Waals surface area contributed by atoms with E-state index in [1.54, 1.807) is 35.6 Å². The number of aliphatic hydroxyl groups excluding tert-OH is 1. The second-order valence-electron chi connectivity index (χ2n) is 8.42. The van der Waals surface area contributed by atoms with E-state index in [1.807, 2.05) is 42.0 Å². The van der Waals surface area contributed by atoms with E-state index in [1.165, 1.54) is 0 Å². The molecule has 1 aromatic heterocycles. The third-order valence-electron chi connectivity index (χ3n) is 6.12. The smallest absolute Gasteiger partial charge is 0.295 e. The molecule has 0 spiro atoms. The third-order valence-corrected chi connectivity index (χ3v) is 6.12. The van der Waals surface area contributed by atoms with Gasteiger partial charge in [-0.2, -0.15) is 0 Å². The van der Waals surface area contributed by atoms with Gasteiger partial charge in [-0.05, 0) is 37.1 Å². The summed E-state index contributed by atoms with van der Waals surface area (Å²) in [6.07, 6.45) is 5.91. The van der Waals surface area contributed by atoms with Gasteiger partial charge in [-0.15, -0.1) is 0 Å². The molecule has 1 atom stereocenters. The summed E-state index contributed by atoms with van der Waals surface area (Å²) in [5, 5.41) is 11.3. The molecular weight excluding hydrogens is 434 g/mol. The molecule has 2 aliphatic heterocycles. The molecular formula is C26H25N3O5. The number of imidazole rings is 1. The standard InChI is InChI=1S/C26H25N3O5/c1-17-3-5-18(6-4-17)23-22(24(30)19-7-8-20-21(15-19)34-14-13-33-20)25(31)26(32)29(23)11-2-10-28-12-9-27-16-28/h3-9,12,15-16,23,30H,2,10-11,13-14H2,1H3/t23-/m1/s1. The first-order valence-corrected chi connectivity index (χ1v) is 11.2. The minimum atomic E-state index is -0.694. The van der Waals surface area contributed by atoms with Crippen LogP contribution in [-0.4, -0.2) is 51.0 Å². The van der Waals surface area contributed by atoms with Gasteiger partial charge in [0.1, 0.15) is 19.0 Å². The molecule has 0 saturated carbocycles. The maximum absolute atomic E-state index is 13.2. The van der Waals surface area contributed by atoms with E-state index in [-0.39, 0.29) is 11.3 Å². The number of aliphatic hydroxyl groups is 1. The van der Waals surface area contributed by atoms with Crippen molar-refractivity contribution >= 4 is 17.4 Å². The average Bonchev–Trinajstić information content (AvgIpc) is 3.46. The van der Waals surface area contributed by atoms with Gasteiger partial charge in [0, 0.05) is 31.0 Å². The Morgan fingerprint density at radius 2 is 1.82 bits per heavy atom. The number of fused-ring (bicyclic) bond motifs is 1. The lowest BCUT2D eigenvalue weighted by Crippen LogP contribution is -2.31. The second kappa shape index (κ2) is 9.05. The highest BCUT2D eigenvalue weighted by Gasteiger charge is 2.45. The molecule has 5 rings (SSSR count). The Hall–Kier alpha value is -4.07. The highest BCUT2D eigenvalue weighted by Crippen LogP contribution is 2.41. The summed E-state index contributed by atoms with van der Waals surface area (Å²) < 4.78 is 13.1. The topological polar surface area (TPSA) is 93.9 Å². The zero-order valence-electron chi connectivity index (χ0n) is 18.8. The van der Waals surface area contributed by atoms with Gasteiger partial charge >= 0.3 is 0 Å². The molecule has 0 unspecified atom stereocenters. The van der Waals surface area contributed by atoms with Crippen molar-refractivity contribution in [1.82, 2.24) is 14.5 Å². The molecule has 8 heteroatoms. The number of benzene rings is 2. The number of carbonyl (C=O) groups excluding carboxylic acids is 2. The van der Waals surface area contributed by atoms with Crippen LogP contribution in [0.3, 0.4) is 0 Å². The normalized spacial score (nSPS) is 19.0. The van der Waals surface area contributed by atoms with Gasteiger partial charge in [0.25, 0.3) is 11.7 Å². The van der Waals surface area contributed by atoms with E-state index < -0.39 is 17.7 Å². The fourth-order valence-corrected chi connectivity index (χ4v) is 4.39. The fraction of sp³-hybridized carbons (Fsp3) is 0.269. The number of ether oxygens (including phenoxy) is 2. The molecule has 1 amide bonds. The lowest BCUT2D eigenvalue weighted by atomic mass is 9.94. The van der Waals surface area contributed by atoms with Gasteiger partial charge in [0.05, 0.1) is 17.9 Å². The Labute approximate surface area is 197 Å². The molecule has 3 heterocycles. The second-order valence-corrected chi connectivity index (χ2v) is 8.42. The van der Waals surface area contributed by atoms with Gasteiger partial charge in [-0.3, -0.25) is 9.59 Å². The highest BCUT2D eigenvalue weighted by atomic mass is 16.6. The predicted octanol–water partition coefficient (Wildman–Crippen LogP) is 3.47. The number of amides is 1. The minimum absolute atomic E-state index is 0.0770. The number of hydrogen-bond donors (Lipinski definition) is 1. The van der Waals surface area contributed by atoms with Crippen LogP contribution in [0, 0.1) is 6.92 Å². The SMILES string of the molecule is Cc1ccc([C@@H]2C(=C(O)c3ccc4c(c3)OCCO4)C(=O)C(=O)N2CCCn2ccnc2)cc1. The minimum Gasteiger partial charge on any atom is -0.507 e. The van der Waals surface area contributed by atoms with Crippen LogP contribution in [0.4, 0.5) is 0 Å². The van der Waals surface area contributed by atoms with E-state index in [0.717, 1.165) is 11.1 Å². The predicted molar refractivity (Wildman–Crippen MR) is 124 cm³/mol. The number of nitrogens with zero attached hydrogens (tertiary/aromatic N) is 3. The number of hydrogen-bond acceptors (Lipinski definition) is 6. The van der Waals surface area contributed by atoms with Crippen molar-refractivity contribution in [1.29, 1.82) is 0 Å². The van der Waals surface area contributed by atoms with Crippen molar-refractivity contribution in [2.75, 3.05) is 19.8 Å². The van der Waals surface area contributed by atoms with Gasteiger partial charge in [-0.25, -0.2) is 4.98 Å². The molecule has 1 N–H and O–H groups in total. The van der Waals surface area contributed by atoms with E-state index >= 15 is 0 Å². The summed E-state index contributed by atoms with van der Waals surface area (Å²) in [6, 6.07) is 12.0. The van der Waals surface area contributed by atoms with Crippen LogP contribution in [0.2, 0.25) is 0 Å². The van der Waals surface area contributed by atoms with Crippen LogP contribution >= 0.6 is 0 Å². The van der Waals surface area contributed by atoms with Crippen LogP contribution in [0.15, 0.2) is 66.8 Å². The first kappa shape index (κ1) is 21.8. The highest BCUT2D eigenvalue weighted by molar-refractivity contribution is 6.46. The molecule has 0 aliphatic carbocycles. The van der Waals surface area contributed by atoms with Crippen LogP contribution in [0.25, 0.3) is 5.76 Å². The lowest BCUT2D eigenvalue weighted by molar-refractivity contribution is -0.139. The molecule has 0 radical (unpaired) electrons. The largest absolute Gasteiger partial charge is 0.507 e. The summed E-state index contributed by atoms with van der Waals surface area (Å²) in [5.41, 5.74) is 2.31. The third kappa shape index (κ3) is 4.03. The number of aryl methyl sites for hydroxylation is 2. The molecule has 2 aromatic carbocycles. The van der Waals surface area contributed by atoms with Crippen LogP contribution in [0.1, 0.15) is 29.2 Å². The fourth-order valence-electron chi connectivity index (χ4n) is 4.39. The lowest BCUT2D eigenvalue weighted by Gasteiger charge is -2.25.